The maximum absolute atomic E-state index is 3.32. The summed E-state index contributed by atoms with van der Waals surface area (Å²) < 4.78 is 0. The number of aryl methyl sites for hydroxylation is 1. The molecule has 1 heterocycles. The largest absolute Gasteiger partial charge is 0.371 e. The lowest BCUT2D eigenvalue weighted by atomic mass is 10.0. The van der Waals surface area contributed by atoms with E-state index in [1.54, 1.807) is 0 Å². The summed E-state index contributed by atoms with van der Waals surface area (Å²) in [5.74, 6) is 0.839. The zero-order valence-electron chi connectivity index (χ0n) is 9.66. The Hall–Kier alpha value is -1.02. The molecule has 1 saturated heterocycles. The summed E-state index contributed by atoms with van der Waals surface area (Å²) in [6, 6.07) is 8.84. The third kappa shape index (κ3) is 2.51. The molecule has 1 aromatic carbocycles. The number of benzene rings is 1. The average Bonchev–Trinajstić information content (AvgIpc) is 2.19. The molecule has 0 spiro atoms. The summed E-state index contributed by atoms with van der Waals surface area (Å²) in [5, 5.41) is 3.32. The topological polar surface area (TPSA) is 15.3 Å². The minimum Gasteiger partial charge on any atom is -0.371 e. The lowest BCUT2D eigenvalue weighted by Crippen LogP contribution is -2.48. The van der Waals surface area contributed by atoms with Crippen LogP contribution < -0.4 is 10.2 Å². The zero-order chi connectivity index (χ0) is 10.7. The minimum absolute atomic E-state index is 0.839. The van der Waals surface area contributed by atoms with E-state index < -0.39 is 0 Å². The van der Waals surface area contributed by atoms with Gasteiger partial charge in [0.1, 0.15) is 0 Å². The summed E-state index contributed by atoms with van der Waals surface area (Å²) in [4.78, 5) is 2.46. The summed E-state index contributed by atoms with van der Waals surface area (Å²) in [6.45, 7) is 9.01. The van der Waals surface area contributed by atoms with E-state index in [0.717, 1.165) is 12.5 Å². The number of hydrogen-bond donors (Lipinski definition) is 1. The Bertz CT molecular complexity index is 301. The van der Waals surface area contributed by atoms with E-state index in [-0.39, 0.29) is 0 Å². The van der Waals surface area contributed by atoms with Crippen molar-refractivity contribution in [3.8, 4) is 0 Å². The van der Waals surface area contributed by atoms with Crippen LogP contribution >= 0.6 is 0 Å². The van der Waals surface area contributed by atoms with Crippen molar-refractivity contribution in [2.45, 2.75) is 13.8 Å². The Morgan fingerprint density at radius 2 is 1.93 bits per heavy atom. The fraction of sp³-hybridized carbons (Fsp3) is 0.538. The van der Waals surface area contributed by atoms with E-state index in [1.807, 2.05) is 0 Å². The first kappa shape index (κ1) is 10.5. The second kappa shape index (κ2) is 4.67. The highest BCUT2D eigenvalue weighted by atomic mass is 15.1. The molecule has 2 nitrogen and oxygen atoms in total. The predicted octanol–water partition coefficient (Wildman–Crippen LogP) is 2.04. The number of nitrogens with zero attached hydrogens (tertiary/aromatic N) is 1. The molecule has 0 aromatic heterocycles. The SMILES string of the molecule is CCN(CC1CNC1)c1ccc(C)cc1. The van der Waals surface area contributed by atoms with Gasteiger partial charge in [0.2, 0.25) is 0 Å². The molecular weight excluding hydrogens is 184 g/mol. The van der Waals surface area contributed by atoms with Gasteiger partial charge in [-0.25, -0.2) is 0 Å². The van der Waals surface area contributed by atoms with Crippen LogP contribution in [0.1, 0.15) is 12.5 Å². The van der Waals surface area contributed by atoms with Crippen molar-refractivity contribution in [2.24, 2.45) is 5.92 Å². The Morgan fingerprint density at radius 3 is 2.40 bits per heavy atom. The highest BCUT2D eigenvalue weighted by Crippen LogP contribution is 2.17. The van der Waals surface area contributed by atoms with Gasteiger partial charge in [0.05, 0.1) is 0 Å². The molecule has 1 aliphatic rings. The molecule has 1 fully saturated rings. The Balaban J connectivity index is 2.01. The zero-order valence-corrected chi connectivity index (χ0v) is 9.66. The molecule has 0 aliphatic carbocycles. The second-order valence-corrected chi connectivity index (χ2v) is 4.40. The van der Waals surface area contributed by atoms with Gasteiger partial charge in [-0.3, -0.25) is 0 Å². The first-order chi connectivity index (χ1) is 7.29. The van der Waals surface area contributed by atoms with Gasteiger partial charge in [-0.15, -0.1) is 0 Å². The van der Waals surface area contributed by atoms with Gasteiger partial charge in [0, 0.05) is 37.8 Å². The van der Waals surface area contributed by atoms with Crippen LogP contribution in [0.3, 0.4) is 0 Å². The molecule has 1 N–H and O–H groups in total. The van der Waals surface area contributed by atoms with Crippen LogP contribution in [0.25, 0.3) is 0 Å². The number of nitrogens with one attached hydrogen (secondary N) is 1. The van der Waals surface area contributed by atoms with E-state index in [2.05, 4.69) is 48.3 Å². The second-order valence-electron chi connectivity index (χ2n) is 4.40. The molecule has 15 heavy (non-hydrogen) atoms. The van der Waals surface area contributed by atoms with Gasteiger partial charge in [-0.05, 0) is 26.0 Å². The first-order valence-corrected chi connectivity index (χ1v) is 5.82. The van der Waals surface area contributed by atoms with Gasteiger partial charge in [0.25, 0.3) is 0 Å². The molecule has 0 atom stereocenters. The van der Waals surface area contributed by atoms with Gasteiger partial charge in [-0.2, -0.15) is 0 Å². The molecule has 0 unspecified atom stereocenters. The Kier molecular flexibility index (Phi) is 3.27. The maximum Gasteiger partial charge on any atom is 0.0366 e. The van der Waals surface area contributed by atoms with Gasteiger partial charge < -0.3 is 10.2 Å². The summed E-state index contributed by atoms with van der Waals surface area (Å²) >= 11 is 0. The summed E-state index contributed by atoms with van der Waals surface area (Å²) in [5.41, 5.74) is 2.69. The molecule has 0 saturated carbocycles. The van der Waals surface area contributed by atoms with Gasteiger partial charge >= 0.3 is 0 Å². The third-order valence-electron chi connectivity index (χ3n) is 3.13. The Labute approximate surface area is 92.3 Å². The molecule has 0 bridgehead atoms. The van der Waals surface area contributed by atoms with Crippen LogP contribution in [0.15, 0.2) is 24.3 Å². The van der Waals surface area contributed by atoms with Crippen molar-refractivity contribution >= 4 is 5.69 Å². The van der Waals surface area contributed by atoms with Crippen LogP contribution in [-0.4, -0.2) is 26.2 Å². The van der Waals surface area contributed by atoms with Crippen molar-refractivity contribution in [3.63, 3.8) is 0 Å². The van der Waals surface area contributed by atoms with E-state index in [9.17, 15) is 0 Å². The molecule has 1 aromatic rings. The van der Waals surface area contributed by atoms with E-state index in [0.29, 0.717) is 0 Å². The lowest BCUT2D eigenvalue weighted by Gasteiger charge is -2.34. The van der Waals surface area contributed by atoms with Crippen LogP contribution in [-0.2, 0) is 0 Å². The van der Waals surface area contributed by atoms with Crippen molar-refractivity contribution < 1.29 is 0 Å². The first-order valence-electron chi connectivity index (χ1n) is 5.82. The molecule has 1 aliphatic heterocycles. The van der Waals surface area contributed by atoms with Crippen molar-refractivity contribution in [2.75, 3.05) is 31.1 Å². The number of rotatable bonds is 4. The lowest BCUT2D eigenvalue weighted by molar-refractivity contribution is 0.349. The van der Waals surface area contributed by atoms with E-state index in [1.165, 1.54) is 30.9 Å². The fourth-order valence-electron chi connectivity index (χ4n) is 1.96. The minimum atomic E-state index is 0.839. The highest BCUT2D eigenvalue weighted by Gasteiger charge is 2.19. The highest BCUT2D eigenvalue weighted by molar-refractivity contribution is 5.47. The van der Waals surface area contributed by atoms with Crippen LogP contribution in [0.5, 0.6) is 0 Å². The van der Waals surface area contributed by atoms with Crippen LogP contribution in [0.4, 0.5) is 5.69 Å². The smallest absolute Gasteiger partial charge is 0.0366 e. The van der Waals surface area contributed by atoms with Crippen LogP contribution in [0.2, 0.25) is 0 Å². The maximum atomic E-state index is 3.32. The molecular formula is C13H20N2. The molecule has 2 rings (SSSR count). The fourth-order valence-corrected chi connectivity index (χ4v) is 1.96. The number of hydrogen-bond acceptors (Lipinski definition) is 2. The molecule has 82 valence electrons. The Morgan fingerprint density at radius 1 is 1.27 bits per heavy atom. The van der Waals surface area contributed by atoms with Crippen molar-refractivity contribution in [1.29, 1.82) is 0 Å². The molecule has 0 radical (unpaired) electrons. The third-order valence-corrected chi connectivity index (χ3v) is 3.13. The number of anilines is 1. The van der Waals surface area contributed by atoms with Gasteiger partial charge in [0.15, 0.2) is 0 Å². The summed E-state index contributed by atoms with van der Waals surface area (Å²) in [6.07, 6.45) is 0. The van der Waals surface area contributed by atoms with E-state index >= 15 is 0 Å². The average molecular weight is 204 g/mol. The van der Waals surface area contributed by atoms with E-state index in [4.69, 9.17) is 0 Å². The normalized spacial score (nSPS) is 16.1. The van der Waals surface area contributed by atoms with Gasteiger partial charge in [-0.1, -0.05) is 17.7 Å². The quantitative estimate of drug-likeness (QED) is 0.807. The van der Waals surface area contributed by atoms with Crippen LogP contribution in [0, 0.1) is 12.8 Å². The summed E-state index contributed by atoms with van der Waals surface area (Å²) in [7, 11) is 0. The van der Waals surface area contributed by atoms with Crippen molar-refractivity contribution in [3.05, 3.63) is 29.8 Å². The molecule has 2 heteroatoms. The standard InChI is InChI=1S/C13H20N2/c1-3-15(10-12-8-14-9-12)13-6-4-11(2)5-7-13/h4-7,12,14H,3,8-10H2,1-2H3. The molecule has 0 amide bonds. The predicted molar refractivity (Wildman–Crippen MR) is 65.4 cm³/mol. The van der Waals surface area contributed by atoms with Crippen molar-refractivity contribution in [1.82, 2.24) is 5.32 Å². The monoisotopic (exact) mass is 204 g/mol.